The first-order valence-corrected chi connectivity index (χ1v) is 13.7. The van der Waals surface area contributed by atoms with Crippen molar-refractivity contribution in [3.05, 3.63) is 91.0 Å². The van der Waals surface area contributed by atoms with Gasteiger partial charge in [-0.3, -0.25) is 0 Å². The Morgan fingerprint density at radius 2 is 0.576 bits per heavy atom. The molecule has 0 aliphatic rings. The van der Waals surface area contributed by atoms with Gasteiger partial charge in [-0.2, -0.15) is 15.0 Å². The van der Waals surface area contributed by atoms with Crippen LogP contribution in [0.1, 0.15) is 0 Å². The molecule has 0 spiro atoms. The summed E-state index contributed by atoms with van der Waals surface area (Å²) in [6.07, 6.45) is 0. The van der Waals surface area contributed by atoms with Crippen LogP contribution in [-0.4, -0.2) is 40.2 Å². The molecule has 0 N–H and O–H groups in total. The molecule has 168 valence electrons. The van der Waals surface area contributed by atoms with E-state index in [1.54, 1.807) is 18.2 Å². The summed E-state index contributed by atoms with van der Waals surface area (Å²) in [6, 6.07) is 21.1. The van der Waals surface area contributed by atoms with E-state index in [0.29, 0.717) is 0 Å². The number of aromatic nitrogens is 3. The Morgan fingerprint density at radius 3 is 0.788 bits per heavy atom. The highest BCUT2D eigenvalue weighted by Crippen LogP contribution is 2.25. The molecule has 4 aromatic rings. The molecule has 0 saturated carbocycles. The molecule has 0 amide bonds. The Kier molecular flexibility index (Phi) is 5.82. The third-order valence-electron chi connectivity index (χ3n) is 4.46. The fourth-order valence-electron chi connectivity index (χ4n) is 2.80. The van der Waals surface area contributed by atoms with Crippen LogP contribution in [0, 0.1) is 0 Å². The number of benzene rings is 3. The second kappa shape index (κ2) is 8.46. The molecule has 33 heavy (non-hydrogen) atoms. The summed E-state index contributed by atoms with van der Waals surface area (Å²) < 4.78 is 78.7. The minimum absolute atomic E-state index is 0.234. The molecule has 3 aromatic carbocycles. The number of hydrogen-bond donors (Lipinski definition) is 0. The van der Waals surface area contributed by atoms with E-state index in [-0.39, 0.29) is 14.7 Å². The standard InChI is InChI=1S/C21H15N3O6S3/c25-31(26,16-10-4-1-5-11-16)19-22-20(32(27,28)17-12-6-2-7-13-17)24-21(23-19)33(29,30)18-14-8-3-9-15-18/h1-15H. The average Bonchev–Trinajstić information content (AvgIpc) is 2.85. The Balaban J connectivity index is 2.01. The highest BCUT2D eigenvalue weighted by atomic mass is 32.2. The fourth-order valence-corrected chi connectivity index (χ4v) is 6.39. The summed E-state index contributed by atoms with van der Waals surface area (Å²) >= 11 is 0. The summed E-state index contributed by atoms with van der Waals surface area (Å²) in [5.41, 5.74) is 0. The van der Waals surface area contributed by atoms with Gasteiger partial charge in [0.1, 0.15) is 0 Å². The Labute approximate surface area is 190 Å². The maximum atomic E-state index is 13.1. The van der Waals surface area contributed by atoms with Crippen molar-refractivity contribution in [3.63, 3.8) is 0 Å². The van der Waals surface area contributed by atoms with E-state index >= 15 is 0 Å². The lowest BCUT2D eigenvalue weighted by molar-refractivity contribution is 0.547. The van der Waals surface area contributed by atoms with E-state index in [9.17, 15) is 25.3 Å². The summed E-state index contributed by atoms with van der Waals surface area (Å²) in [7, 11) is -13.4. The largest absolute Gasteiger partial charge is 0.257 e. The summed E-state index contributed by atoms with van der Waals surface area (Å²) in [6.45, 7) is 0. The molecule has 0 aliphatic carbocycles. The number of nitrogens with zero attached hydrogens (tertiary/aromatic N) is 3. The molecule has 0 aliphatic heterocycles. The van der Waals surface area contributed by atoms with Crippen LogP contribution >= 0.6 is 0 Å². The van der Waals surface area contributed by atoms with E-state index in [2.05, 4.69) is 15.0 Å². The maximum absolute atomic E-state index is 13.1. The molecule has 4 rings (SSSR count). The third-order valence-corrected chi connectivity index (χ3v) is 9.12. The van der Waals surface area contributed by atoms with Crippen molar-refractivity contribution in [2.45, 2.75) is 30.2 Å². The summed E-state index contributed by atoms with van der Waals surface area (Å²) in [4.78, 5) is 10.3. The van der Waals surface area contributed by atoms with Crippen molar-refractivity contribution >= 4 is 29.5 Å². The van der Waals surface area contributed by atoms with Crippen molar-refractivity contribution in [2.75, 3.05) is 0 Å². The Morgan fingerprint density at radius 1 is 0.364 bits per heavy atom. The van der Waals surface area contributed by atoms with Crippen LogP contribution in [-0.2, 0) is 29.5 Å². The van der Waals surface area contributed by atoms with Gasteiger partial charge < -0.3 is 0 Å². The SMILES string of the molecule is O=S(=O)(c1ccccc1)c1nc(S(=O)(=O)c2ccccc2)nc(S(=O)(=O)c2ccccc2)n1. The molecule has 9 nitrogen and oxygen atoms in total. The summed E-state index contributed by atoms with van der Waals surface area (Å²) in [5, 5.41) is -2.98. The van der Waals surface area contributed by atoms with Gasteiger partial charge >= 0.3 is 0 Å². The van der Waals surface area contributed by atoms with E-state index in [1.165, 1.54) is 72.8 Å². The normalized spacial score (nSPS) is 12.4. The van der Waals surface area contributed by atoms with Gasteiger partial charge in [0, 0.05) is 0 Å². The van der Waals surface area contributed by atoms with Gasteiger partial charge in [-0.15, -0.1) is 0 Å². The molecule has 1 aromatic heterocycles. The van der Waals surface area contributed by atoms with Crippen LogP contribution in [0.2, 0.25) is 0 Å². The molecule has 12 heteroatoms. The predicted molar refractivity (Wildman–Crippen MR) is 116 cm³/mol. The molecular weight excluding hydrogens is 486 g/mol. The smallest absolute Gasteiger partial charge is 0.215 e. The van der Waals surface area contributed by atoms with Gasteiger partial charge in [-0.05, 0) is 36.4 Å². The van der Waals surface area contributed by atoms with E-state index in [1.807, 2.05) is 0 Å². The van der Waals surface area contributed by atoms with Crippen molar-refractivity contribution < 1.29 is 25.3 Å². The highest BCUT2D eigenvalue weighted by molar-refractivity contribution is 7.92. The minimum Gasteiger partial charge on any atom is -0.215 e. The molecule has 1 heterocycles. The van der Waals surface area contributed by atoms with Gasteiger partial charge in [-0.25, -0.2) is 25.3 Å². The molecule has 0 saturated heterocycles. The zero-order chi connectivity index (χ0) is 23.7. The first-order chi connectivity index (χ1) is 15.6. The van der Waals surface area contributed by atoms with Gasteiger partial charge in [0.2, 0.25) is 29.5 Å². The summed E-state index contributed by atoms with van der Waals surface area (Å²) in [5.74, 6) is 0. The second-order valence-corrected chi connectivity index (χ2v) is 12.2. The molecule has 0 atom stereocenters. The zero-order valence-corrected chi connectivity index (χ0v) is 19.1. The van der Waals surface area contributed by atoms with Crippen LogP contribution in [0.25, 0.3) is 0 Å². The van der Waals surface area contributed by atoms with Crippen LogP contribution < -0.4 is 0 Å². The average molecular weight is 502 g/mol. The van der Waals surface area contributed by atoms with Crippen molar-refractivity contribution in [3.8, 4) is 0 Å². The van der Waals surface area contributed by atoms with E-state index < -0.39 is 45.0 Å². The van der Waals surface area contributed by atoms with Gasteiger partial charge in [-0.1, -0.05) is 54.6 Å². The van der Waals surface area contributed by atoms with Crippen molar-refractivity contribution in [1.29, 1.82) is 0 Å². The number of hydrogen-bond acceptors (Lipinski definition) is 9. The van der Waals surface area contributed by atoms with Crippen LogP contribution in [0.5, 0.6) is 0 Å². The van der Waals surface area contributed by atoms with Crippen molar-refractivity contribution in [1.82, 2.24) is 15.0 Å². The molecular formula is C21H15N3O6S3. The quantitative estimate of drug-likeness (QED) is 0.389. The Bertz CT molecular complexity index is 1410. The van der Waals surface area contributed by atoms with Gasteiger partial charge in [0.15, 0.2) is 0 Å². The van der Waals surface area contributed by atoms with E-state index in [0.717, 1.165) is 0 Å². The minimum atomic E-state index is -4.46. The molecule has 0 fully saturated rings. The van der Waals surface area contributed by atoms with Crippen LogP contribution in [0.15, 0.2) is 121 Å². The van der Waals surface area contributed by atoms with Crippen LogP contribution in [0.3, 0.4) is 0 Å². The van der Waals surface area contributed by atoms with E-state index in [4.69, 9.17) is 0 Å². The maximum Gasteiger partial charge on any atom is 0.257 e. The lowest BCUT2D eigenvalue weighted by Crippen LogP contribution is -2.19. The first kappa shape index (κ1) is 22.7. The third kappa shape index (κ3) is 4.27. The fraction of sp³-hybridized carbons (Fsp3) is 0. The zero-order valence-electron chi connectivity index (χ0n) is 16.7. The topological polar surface area (TPSA) is 141 Å². The highest BCUT2D eigenvalue weighted by Gasteiger charge is 2.32. The molecule has 0 radical (unpaired) electrons. The Hall–Kier alpha value is -3.48. The number of rotatable bonds is 6. The lowest BCUT2D eigenvalue weighted by Gasteiger charge is -2.09. The first-order valence-electron chi connectivity index (χ1n) is 9.30. The number of sulfone groups is 3. The molecule has 0 unspecified atom stereocenters. The van der Waals surface area contributed by atoms with Crippen molar-refractivity contribution in [2.24, 2.45) is 0 Å². The monoisotopic (exact) mass is 501 g/mol. The molecule has 0 bridgehead atoms. The van der Waals surface area contributed by atoms with Crippen LogP contribution in [0.4, 0.5) is 0 Å². The lowest BCUT2D eigenvalue weighted by atomic mass is 10.4. The predicted octanol–water partition coefficient (Wildman–Crippen LogP) is 2.37. The van der Waals surface area contributed by atoms with Gasteiger partial charge in [0.05, 0.1) is 14.7 Å². The second-order valence-electron chi connectivity index (χ2n) is 6.63. The van der Waals surface area contributed by atoms with Gasteiger partial charge in [0.25, 0.3) is 15.5 Å².